The molecule has 0 aliphatic carbocycles. The van der Waals surface area contributed by atoms with Crippen molar-refractivity contribution in [1.29, 1.82) is 0 Å². The molecule has 2 rings (SSSR count). The lowest BCUT2D eigenvalue weighted by Crippen LogP contribution is -2.16. The zero-order valence-corrected chi connectivity index (χ0v) is 12.8. The average Bonchev–Trinajstić information content (AvgIpc) is 2.88. The van der Waals surface area contributed by atoms with E-state index in [9.17, 15) is 8.42 Å². The van der Waals surface area contributed by atoms with Gasteiger partial charge in [-0.15, -0.1) is 0 Å². The van der Waals surface area contributed by atoms with Crippen molar-refractivity contribution in [2.75, 3.05) is 0 Å². The van der Waals surface area contributed by atoms with E-state index < -0.39 is 10.0 Å². The van der Waals surface area contributed by atoms with Gasteiger partial charge in [-0.05, 0) is 74.6 Å². The Hall–Kier alpha value is -1.55. The maximum atomic E-state index is 12.7. The quantitative estimate of drug-likeness (QED) is 0.845. The van der Waals surface area contributed by atoms with E-state index in [1.807, 2.05) is 34.6 Å². The van der Waals surface area contributed by atoms with Crippen molar-refractivity contribution >= 4 is 10.0 Å². The molecule has 1 aromatic carbocycles. The van der Waals surface area contributed by atoms with Crippen LogP contribution in [0, 0.1) is 34.6 Å². The monoisotopic (exact) mass is 277 g/mol. The van der Waals surface area contributed by atoms with Crippen molar-refractivity contribution < 1.29 is 8.42 Å². The van der Waals surface area contributed by atoms with Gasteiger partial charge in [-0.3, -0.25) is 0 Å². The number of nitrogens with zero attached hydrogens (tertiary/aromatic N) is 1. The minimum Gasteiger partial charge on any atom is -0.249 e. The maximum Gasteiger partial charge on any atom is 0.268 e. The molecule has 0 unspecified atom stereocenters. The molecule has 102 valence electrons. The van der Waals surface area contributed by atoms with Crippen molar-refractivity contribution in [1.82, 2.24) is 3.97 Å². The molecule has 0 radical (unpaired) electrons. The minimum atomic E-state index is -3.50. The summed E-state index contributed by atoms with van der Waals surface area (Å²) in [4.78, 5) is 0.435. The molecule has 0 spiro atoms. The molecule has 0 N–H and O–H groups in total. The van der Waals surface area contributed by atoms with Crippen molar-refractivity contribution in [3.8, 4) is 0 Å². The maximum absolute atomic E-state index is 12.7. The van der Waals surface area contributed by atoms with Gasteiger partial charge in [-0.2, -0.15) is 0 Å². The van der Waals surface area contributed by atoms with E-state index in [-0.39, 0.29) is 0 Å². The lowest BCUT2D eigenvalue weighted by molar-refractivity contribution is 0.586. The van der Waals surface area contributed by atoms with Crippen molar-refractivity contribution in [2.45, 2.75) is 39.5 Å². The van der Waals surface area contributed by atoms with Gasteiger partial charge >= 0.3 is 0 Å². The molecule has 1 heterocycles. The second kappa shape index (κ2) is 4.53. The van der Waals surface area contributed by atoms with E-state index in [1.165, 1.54) is 9.54 Å². The lowest BCUT2D eigenvalue weighted by atomic mass is 9.95. The summed E-state index contributed by atoms with van der Waals surface area (Å²) in [6, 6.07) is 3.44. The van der Waals surface area contributed by atoms with Crippen LogP contribution < -0.4 is 0 Å². The summed E-state index contributed by atoms with van der Waals surface area (Å²) in [5.41, 5.74) is 4.95. The van der Waals surface area contributed by atoms with Crippen LogP contribution in [-0.2, 0) is 10.0 Å². The standard InChI is InChI=1S/C15H19NO2S/c1-10-11(2)13(4)15(14(5)12(10)3)19(17,18)16-8-6-7-9-16/h6-9H,1-5H3. The number of benzene rings is 1. The number of hydrogen-bond acceptors (Lipinski definition) is 2. The van der Waals surface area contributed by atoms with Crippen LogP contribution in [0.2, 0.25) is 0 Å². The smallest absolute Gasteiger partial charge is 0.249 e. The highest BCUT2D eigenvalue weighted by molar-refractivity contribution is 7.90. The zero-order valence-electron chi connectivity index (χ0n) is 12.0. The van der Waals surface area contributed by atoms with Crippen molar-refractivity contribution in [3.05, 3.63) is 52.3 Å². The van der Waals surface area contributed by atoms with Crippen LogP contribution in [0.25, 0.3) is 0 Å². The molecule has 0 fully saturated rings. The topological polar surface area (TPSA) is 39.1 Å². The third-order valence-electron chi connectivity index (χ3n) is 4.04. The number of rotatable bonds is 2. The SMILES string of the molecule is Cc1c(C)c(C)c(S(=O)(=O)n2cccc2)c(C)c1C. The second-order valence-corrected chi connectivity index (χ2v) is 6.75. The first kappa shape index (κ1) is 13.9. The Morgan fingerprint density at radius 1 is 0.737 bits per heavy atom. The van der Waals surface area contributed by atoms with Crippen molar-refractivity contribution in [2.24, 2.45) is 0 Å². The molecule has 2 aromatic rings. The highest BCUT2D eigenvalue weighted by atomic mass is 32.2. The van der Waals surface area contributed by atoms with Crippen LogP contribution >= 0.6 is 0 Å². The first-order valence-corrected chi connectivity index (χ1v) is 7.68. The van der Waals surface area contributed by atoms with E-state index in [0.717, 1.165) is 22.3 Å². The molecule has 0 saturated carbocycles. The van der Waals surface area contributed by atoms with Crippen LogP contribution in [-0.4, -0.2) is 12.4 Å². The summed E-state index contributed by atoms with van der Waals surface area (Å²) in [6.07, 6.45) is 3.14. The first-order valence-electron chi connectivity index (χ1n) is 6.24. The summed E-state index contributed by atoms with van der Waals surface area (Å²) in [5.74, 6) is 0. The molecular formula is C15H19NO2S. The largest absolute Gasteiger partial charge is 0.268 e. The van der Waals surface area contributed by atoms with Gasteiger partial charge in [-0.25, -0.2) is 12.4 Å². The molecule has 0 saturated heterocycles. The summed E-state index contributed by atoms with van der Waals surface area (Å²) >= 11 is 0. The Bertz CT molecular complexity index is 697. The van der Waals surface area contributed by atoms with Gasteiger partial charge in [0, 0.05) is 12.4 Å². The van der Waals surface area contributed by atoms with Crippen LogP contribution in [0.1, 0.15) is 27.8 Å². The predicted octanol–water partition coefficient (Wildman–Crippen LogP) is 3.27. The van der Waals surface area contributed by atoms with E-state index in [2.05, 4.69) is 0 Å². The Morgan fingerprint density at radius 2 is 1.11 bits per heavy atom. The molecule has 0 bridgehead atoms. The number of hydrogen-bond donors (Lipinski definition) is 0. The molecule has 4 heteroatoms. The molecule has 3 nitrogen and oxygen atoms in total. The molecule has 0 aliphatic heterocycles. The first-order chi connectivity index (χ1) is 8.78. The highest BCUT2D eigenvalue weighted by Crippen LogP contribution is 2.30. The Morgan fingerprint density at radius 3 is 1.53 bits per heavy atom. The predicted molar refractivity (Wildman–Crippen MR) is 77.1 cm³/mol. The lowest BCUT2D eigenvalue weighted by Gasteiger charge is -2.19. The Kier molecular flexibility index (Phi) is 3.31. The molecule has 0 amide bonds. The van der Waals surface area contributed by atoms with Gasteiger partial charge in [0.25, 0.3) is 10.0 Å². The molecule has 1 aromatic heterocycles. The molecular weight excluding hydrogens is 258 g/mol. The Labute approximate surface area is 114 Å². The fourth-order valence-electron chi connectivity index (χ4n) is 2.44. The third kappa shape index (κ3) is 2.00. The normalized spacial score (nSPS) is 11.8. The van der Waals surface area contributed by atoms with Gasteiger partial charge in [0.2, 0.25) is 0 Å². The van der Waals surface area contributed by atoms with Gasteiger partial charge in [0.15, 0.2) is 0 Å². The second-order valence-electron chi connectivity index (χ2n) is 4.97. The highest BCUT2D eigenvalue weighted by Gasteiger charge is 2.24. The van der Waals surface area contributed by atoms with Crippen LogP contribution in [0.5, 0.6) is 0 Å². The fraction of sp³-hybridized carbons (Fsp3) is 0.333. The third-order valence-corrected chi connectivity index (χ3v) is 5.97. The zero-order chi connectivity index (χ0) is 14.4. The van der Waals surface area contributed by atoms with Gasteiger partial charge in [0.05, 0.1) is 4.90 Å². The van der Waals surface area contributed by atoms with Crippen LogP contribution in [0.3, 0.4) is 0 Å². The molecule has 0 atom stereocenters. The van der Waals surface area contributed by atoms with E-state index in [1.54, 1.807) is 24.5 Å². The van der Waals surface area contributed by atoms with E-state index in [0.29, 0.717) is 4.90 Å². The van der Waals surface area contributed by atoms with Crippen LogP contribution in [0.4, 0.5) is 0 Å². The average molecular weight is 277 g/mol. The molecule has 19 heavy (non-hydrogen) atoms. The molecule has 0 aliphatic rings. The van der Waals surface area contributed by atoms with Crippen molar-refractivity contribution in [3.63, 3.8) is 0 Å². The summed E-state index contributed by atoms with van der Waals surface area (Å²) in [5, 5.41) is 0. The van der Waals surface area contributed by atoms with Gasteiger partial charge in [0.1, 0.15) is 0 Å². The summed E-state index contributed by atoms with van der Waals surface area (Å²) < 4.78 is 26.7. The minimum absolute atomic E-state index is 0.435. The van der Waals surface area contributed by atoms with Crippen LogP contribution in [0.15, 0.2) is 29.4 Å². The number of aromatic nitrogens is 1. The van der Waals surface area contributed by atoms with Gasteiger partial charge in [-0.1, -0.05) is 0 Å². The fourth-order valence-corrected chi connectivity index (χ4v) is 4.19. The van der Waals surface area contributed by atoms with E-state index in [4.69, 9.17) is 0 Å². The summed E-state index contributed by atoms with van der Waals surface area (Å²) in [7, 11) is -3.50. The van der Waals surface area contributed by atoms with E-state index >= 15 is 0 Å². The van der Waals surface area contributed by atoms with Gasteiger partial charge < -0.3 is 0 Å². The summed E-state index contributed by atoms with van der Waals surface area (Å²) in [6.45, 7) is 9.75. The Balaban J connectivity index is 2.85.